The summed E-state index contributed by atoms with van der Waals surface area (Å²) in [5.41, 5.74) is 2.94. The predicted octanol–water partition coefficient (Wildman–Crippen LogP) is 0.205. The topological polar surface area (TPSA) is 175 Å². The van der Waals surface area contributed by atoms with Crippen molar-refractivity contribution in [3.63, 3.8) is 0 Å². The molecule has 0 spiro atoms. The highest BCUT2D eigenvalue weighted by Gasteiger charge is 2.72. The molecule has 0 aliphatic heterocycles. The van der Waals surface area contributed by atoms with Crippen molar-refractivity contribution in [2.45, 2.75) is 30.6 Å². The highest BCUT2D eigenvalue weighted by atomic mass is 19.1. The molecule has 5 rings (SSSR count). The number of rotatable bonds is 3. The van der Waals surface area contributed by atoms with Crippen LogP contribution in [-0.4, -0.2) is 81.1 Å². The molecule has 1 amide bonds. The van der Waals surface area contributed by atoms with Crippen molar-refractivity contribution in [1.82, 2.24) is 4.90 Å². The quantitative estimate of drug-likeness (QED) is 0.398. The Labute approximate surface area is 222 Å². The van der Waals surface area contributed by atoms with E-state index in [0.29, 0.717) is 11.1 Å². The SMILES string of the molecule is C[C@H]1c2ccc(-c3ccc(F)cc3)c(O)c2C(=O)C2C(=O)[C@]3(O)C(=O)C(C(N)=O)C(=O)C(N(C)C)[C@@H]3[C@@H](O)[C@@H]21. The molecule has 10 nitrogen and oxygen atoms in total. The number of aliphatic hydroxyl groups is 2. The zero-order valence-corrected chi connectivity index (χ0v) is 21.3. The van der Waals surface area contributed by atoms with Crippen molar-refractivity contribution in [1.29, 1.82) is 0 Å². The largest absolute Gasteiger partial charge is 0.507 e. The van der Waals surface area contributed by atoms with Gasteiger partial charge in [-0.1, -0.05) is 31.2 Å². The van der Waals surface area contributed by atoms with Crippen molar-refractivity contribution in [2.75, 3.05) is 14.1 Å². The summed E-state index contributed by atoms with van der Waals surface area (Å²) in [6.45, 7) is 1.63. The summed E-state index contributed by atoms with van der Waals surface area (Å²) in [6, 6.07) is 6.84. The van der Waals surface area contributed by atoms with Crippen LogP contribution in [0.1, 0.15) is 28.8 Å². The standard InChI is InChI=1S/C28H27FN2O8/c1-10-13-8-9-14(11-4-6-12(29)7-5-11)21(32)16(13)22(33)17-15(10)23(34)19-20(31(2)3)24(35)18(27(30)38)26(37)28(19,39)25(17)36/h4-10,15,17-20,23,32,34,39H,1-3H3,(H2,30,38)/t10-,15+,17?,18?,19+,20?,23-,28-/m0/s1. The summed E-state index contributed by atoms with van der Waals surface area (Å²) in [5.74, 6) is -14.4. The Kier molecular flexibility index (Phi) is 6.09. The second-order valence-electron chi connectivity index (χ2n) is 10.8. The normalized spacial score (nSPS) is 34.0. The van der Waals surface area contributed by atoms with Gasteiger partial charge in [-0.2, -0.15) is 0 Å². The summed E-state index contributed by atoms with van der Waals surface area (Å²) in [5, 5.41) is 34.4. The van der Waals surface area contributed by atoms with E-state index in [1.54, 1.807) is 13.0 Å². The van der Waals surface area contributed by atoms with Gasteiger partial charge in [0, 0.05) is 11.5 Å². The van der Waals surface area contributed by atoms with Crippen LogP contribution in [0.2, 0.25) is 0 Å². The third kappa shape index (κ3) is 3.46. The molecule has 0 aromatic heterocycles. The molecule has 2 aromatic rings. The van der Waals surface area contributed by atoms with E-state index in [0.717, 1.165) is 0 Å². The molecule has 2 aromatic carbocycles. The third-order valence-electron chi connectivity index (χ3n) is 8.64. The number of aliphatic hydroxyl groups excluding tert-OH is 1. The number of hydrogen-bond donors (Lipinski definition) is 4. The Hall–Kier alpha value is -3.80. The first-order chi connectivity index (χ1) is 18.2. The summed E-state index contributed by atoms with van der Waals surface area (Å²) < 4.78 is 13.5. The fourth-order valence-electron chi connectivity index (χ4n) is 6.85. The fraction of sp³-hybridized carbons (Fsp3) is 0.393. The van der Waals surface area contributed by atoms with Crippen molar-refractivity contribution >= 4 is 29.0 Å². The summed E-state index contributed by atoms with van der Waals surface area (Å²) >= 11 is 0. The molecule has 0 saturated heterocycles. The van der Waals surface area contributed by atoms with E-state index in [4.69, 9.17) is 5.73 Å². The number of carbonyl (C=O) groups excluding carboxylic acids is 5. The van der Waals surface area contributed by atoms with E-state index in [9.17, 15) is 43.7 Å². The molecular weight excluding hydrogens is 511 g/mol. The predicted molar refractivity (Wildman–Crippen MR) is 133 cm³/mol. The number of benzene rings is 2. The molecule has 8 atom stereocenters. The summed E-state index contributed by atoms with van der Waals surface area (Å²) in [6.07, 6.45) is -1.70. The number of amides is 1. The number of ketones is 4. The molecule has 3 aliphatic rings. The molecule has 39 heavy (non-hydrogen) atoms. The van der Waals surface area contributed by atoms with Crippen LogP contribution >= 0.6 is 0 Å². The Bertz CT molecular complexity index is 1450. The number of hydrogen-bond acceptors (Lipinski definition) is 9. The molecule has 0 bridgehead atoms. The van der Waals surface area contributed by atoms with Crippen molar-refractivity contribution in [3.05, 3.63) is 53.3 Å². The Morgan fingerprint density at radius 2 is 1.64 bits per heavy atom. The number of nitrogens with two attached hydrogens (primary N) is 1. The minimum absolute atomic E-state index is 0.189. The van der Waals surface area contributed by atoms with Crippen LogP contribution in [0, 0.1) is 29.5 Å². The van der Waals surface area contributed by atoms with Crippen molar-refractivity contribution < 1.29 is 43.7 Å². The van der Waals surface area contributed by atoms with E-state index in [1.807, 2.05) is 0 Å². The first-order valence-electron chi connectivity index (χ1n) is 12.4. The highest BCUT2D eigenvalue weighted by Crippen LogP contribution is 2.55. The summed E-state index contributed by atoms with van der Waals surface area (Å²) in [7, 11) is 2.86. The number of Topliss-reactive ketones (excluding diaryl/α,β-unsaturated/α-hetero) is 4. The van der Waals surface area contributed by atoms with Gasteiger partial charge in [-0.25, -0.2) is 4.39 Å². The molecule has 2 fully saturated rings. The minimum atomic E-state index is -3.06. The number of nitrogens with zero attached hydrogens (tertiary/aromatic N) is 1. The lowest BCUT2D eigenvalue weighted by Crippen LogP contribution is -2.77. The molecule has 3 aliphatic carbocycles. The van der Waals surface area contributed by atoms with E-state index in [2.05, 4.69) is 0 Å². The smallest absolute Gasteiger partial charge is 0.235 e. The van der Waals surface area contributed by atoms with Crippen LogP contribution < -0.4 is 5.73 Å². The van der Waals surface area contributed by atoms with Crippen LogP contribution in [0.15, 0.2) is 36.4 Å². The highest BCUT2D eigenvalue weighted by molar-refractivity contribution is 6.32. The number of phenols is 1. The monoisotopic (exact) mass is 538 g/mol. The zero-order chi connectivity index (χ0) is 28.7. The van der Waals surface area contributed by atoms with E-state index in [1.165, 1.54) is 49.3 Å². The van der Waals surface area contributed by atoms with Gasteiger partial charge in [0.2, 0.25) is 5.91 Å². The van der Waals surface area contributed by atoms with Crippen molar-refractivity contribution in [2.24, 2.45) is 29.4 Å². The van der Waals surface area contributed by atoms with Gasteiger partial charge in [-0.05, 0) is 43.3 Å². The summed E-state index contributed by atoms with van der Waals surface area (Å²) in [4.78, 5) is 67.8. The van der Waals surface area contributed by atoms with E-state index >= 15 is 0 Å². The molecule has 3 unspecified atom stereocenters. The van der Waals surface area contributed by atoms with E-state index in [-0.39, 0.29) is 11.1 Å². The number of phenolic OH excluding ortho intramolecular Hbond substituents is 1. The number of halogens is 1. The van der Waals surface area contributed by atoms with Gasteiger partial charge in [0.05, 0.1) is 29.5 Å². The molecule has 0 heterocycles. The molecule has 11 heteroatoms. The average Bonchev–Trinajstić information content (AvgIpc) is 2.86. The van der Waals surface area contributed by atoms with Gasteiger partial charge < -0.3 is 21.1 Å². The number of carbonyl (C=O) groups is 5. The second-order valence-corrected chi connectivity index (χ2v) is 10.8. The Morgan fingerprint density at radius 1 is 1.03 bits per heavy atom. The minimum Gasteiger partial charge on any atom is -0.507 e. The van der Waals surface area contributed by atoms with Gasteiger partial charge in [0.1, 0.15) is 11.6 Å². The number of primary amides is 1. The van der Waals surface area contributed by atoms with Crippen LogP contribution in [0.3, 0.4) is 0 Å². The van der Waals surface area contributed by atoms with E-state index < -0.39 is 87.9 Å². The maximum absolute atomic E-state index is 14.0. The Morgan fingerprint density at radius 3 is 2.21 bits per heavy atom. The molecule has 2 saturated carbocycles. The lowest BCUT2D eigenvalue weighted by molar-refractivity contribution is -0.196. The van der Waals surface area contributed by atoms with Gasteiger partial charge in [-0.15, -0.1) is 0 Å². The number of aromatic hydroxyl groups is 1. The van der Waals surface area contributed by atoms with Crippen LogP contribution in [0.4, 0.5) is 4.39 Å². The zero-order valence-electron chi connectivity index (χ0n) is 21.3. The van der Waals surface area contributed by atoms with Crippen LogP contribution in [-0.2, 0) is 19.2 Å². The van der Waals surface area contributed by atoms with Crippen molar-refractivity contribution in [3.8, 4) is 16.9 Å². The van der Waals surface area contributed by atoms with Gasteiger partial charge in [-0.3, -0.25) is 28.9 Å². The fourth-order valence-corrected chi connectivity index (χ4v) is 6.85. The molecule has 0 radical (unpaired) electrons. The van der Waals surface area contributed by atoms with Gasteiger partial charge in [0.15, 0.2) is 34.7 Å². The lowest BCUT2D eigenvalue weighted by atomic mass is 9.49. The van der Waals surface area contributed by atoms with Gasteiger partial charge >= 0.3 is 0 Å². The maximum atomic E-state index is 14.0. The third-order valence-corrected chi connectivity index (χ3v) is 8.64. The number of fused-ring (bicyclic) bond motifs is 3. The molecule has 204 valence electrons. The Balaban J connectivity index is 1.69. The first-order valence-corrected chi connectivity index (χ1v) is 12.4. The first kappa shape index (κ1) is 26.8. The molecule has 5 N–H and O–H groups in total. The average molecular weight is 539 g/mol. The van der Waals surface area contributed by atoms with Gasteiger partial charge in [0.25, 0.3) is 0 Å². The molecular formula is C28H27FN2O8. The van der Waals surface area contributed by atoms with Crippen LogP contribution in [0.5, 0.6) is 5.75 Å². The number of likely N-dealkylation sites (N-methyl/N-ethyl adjacent to an activating group) is 1. The maximum Gasteiger partial charge on any atom is 0.235 e. The van der Waals surface area contributed by atoms with Crippen LogP contribution in [0.25, 0.3) is 11.1 Å². The lowest BCUT2D eigenvalue weighted by Gasteiger charge is -2.56. The second kappa shape index (κ2) is 8.87.